The minimum atomic E-state index is -0.293. The zero-order valence-electron chi connectivity index (χ0n) is 10.2. The number of nitrogens with zero attached hydrogens (tertiary/aromatic N) is 4. The minimum Gasteiger partial charge on any atom is -0.330 e. The third-order valence-electron chi connectivity index (χ3n) is 2.17. The molecule has 0 amide bonds. The molecular formula is C11H8FN5S3. The van der Waals surface area contributed by atoms with Gasteiger partial charge in [0.15, 0.2) is 8.68 Å². The summed E-state index contributed by atoms with van der Waals surface area (Å²) in [5, 5.41) is 11.7. The Kier molecular flexibility index (Phi) is 3.90. The molecule has 0 unspecified atom stereocenters. The van der Waals surface area contributed by atoms with Crippen molar-refractivity contribution in [2.45, 2.75) is 15.6 Å². The van der Waals surface area contributed by atoms with Crippen molar-refractivity contribution in [2.75, 3.05) is 5.32 Å². The first-order chi connectivity index (χ1) is 9.69. The molecule has 0 fully saturated rings. The Morgan fingerprint density at radius 2 is 2.15 bits per heavy atom. The maximum Gasteiger partial charge on any atom is 0.210 e. The fraction of sp³-hybridized carbons (Fsp3) is 0.0909. The number of hydrogen-bond donors (Lipinski definition) is 1. The minimum absolute atomic E-state index is 0.293. The van der Waals surface area contributed by atoms with Gasteiger partial charge in [-0.1, -0.05) is 17.4 Å². The number of benzene rings is 1. The SMILES string of the molecule is Cc1nsc(Sc2nnc(Nc3cccc(F)c3)s2)n1. The van der Waals surface area contributed by atoms with Gasteiger partial charge in [0.05, 0.1) is 0 Å². The van der Waals surface area contributed by atoms with Crippen molar-refractivity contribution >= 4 is 45.5 Å². The molecule has 0 aliphatic rings. The number of nitrogens with one attached hydrogen (secondary N) is 1. The van der Waals surface area contributed by atoms with E-state index in [0.29, 0.717) is 10.8 Å². The van der Waals surface area contributed by atoms with Gasteiger partial charge in [0, 0.05) is 5.69 Å². The molecule has 0 atom stereocenters. The van der Waals surface area contributed by atoms with Crippen molar-refractivity contribution in [1.82, 2.24) is 19.6 Å². The van der Waals surface area contributed by atoms with E-state index in [1.807, 2.05) is 6.92 Å². The molecule has 102 valence electrons. The molecule has 5 nitrogen and oxygen atoms in total. The van der Waals surface area contributed by atoms with Crippen LogP contribution < -0.4 is 5.32 Å². The molecule has 0 aliphatic heterocycles. The van der Waals surface area contributed by atoms with Crippen LogP contribution in [-0.4, -0.2) is 19.6 Å². The summed E-state index contributed by atoms with van der Waals surface area (Å²) in [4.78, 5) is 4.25. The summed E-state index contributed by atoms with van der Waals surface area (Å²) in [6, 6.07) is 6.20. The summed E-state index contributed by atoms with van der Waals surface area (Å²) < 4.78 is 18.8. The second-order valence-corrected chi connectivity index (χ2v) is 6.94. The number of rotatable bonds is 4. The van der Waals surface area contributed by atoms with Crippen LogP contribution in [0.15, 0.2) is 32.9 Å². The molecule has 0 radical (unpaired) electrons. The Morgan fingerprint density at radius 1 is 1.25 bits per heavy atom. The summed E-state index contributed by atoms with van der Waals surface area (Å²) in [6.07, 6.45) is 0. The summed E-state index contributed by atoms with van der Waals surface area (Å²) in [6.45, 7) is 1.84. The Hall–Kier alpha value is -1.58. The zero-order valence-corrected chi connectivity index (χ0v) is 12.7. The lowest BCUT2D eigenvalue weighted by atomic mass is 10.3. The van der Waals surface area contributed by atoms with E-state index in [1.54, 1.807) is 12.1 Å². The lowest BCUT2D eigenvalue weighted by Crippen LogP contribution is -1.89. The van der Waals surface area contributed by atoms with Gasteiger partial charge < -0.3 is 5.32 Å². The van der Waals surface area contributed by atoms with Crippen LogP contribution in [0.25, 0.3) is 0 Å². The molecule has 2 aromatic heterocycles. The second-order valence-electron chi connectivity index (χ2n) is 3.72. The number of aryl methyl sites for hydroxylation is 1. The van der Waals surface area contributed by atoms with Gasteiger partial charge in [-0.2, -0.15) is 4.37 Å². The molecule has 0 saturated carbocycles. The number of anilines is 2. The molecule has 0 saturated heterocycles. The van der Waals surface area contributed by atoms with Gasteiger partial charge in [0.1, 0.15) is 11.6 Å². The van der Waals surface area contributed by atoms with Gasteiger partial charge in [-0.15, -0.1) is 10.2 Å². The Balaban J connectivity index is 1.70. The van der Waals surface area contributed by atoms with Crippen LogP contribution in [0.4, 0.5) is 15.2 Å². The first-order valence-corrected chi connectivity index (χ1v) is 7.94. The molecule has 20 heavy (non-hydrogen) atoms. The van der Waals surface area contributed by atoms with Crippen molar-refractivity contribution in [3.8, 4) is 0 Å². The summed E-state index contributed by atoms with van der Waals surface area (Å²) in [7, 11) is 0. The van der Waals surface area contributed by atoms with E-state index in [2.05, 4.69) is 24.9 Å². The van der Waals surface area contributed by atoms with Crippen LogP contribution in [0.2, 0.25) is 0 Å². The molecule has 1 aromatic carbocycles. The maximum atomic E-state index is 13.1. The smallest absolute Gasteiger partial charge is 0.210 e. The van der Waals surface area contributed by atoms with Gasteiger partial charge in [-0.25, -0.2) is 9.37 Å². The molecular weight excluding hydrogens is 317 g/mol. The lowest BCUT2D eigenvalue weighted by Gasteiger charge is -2.00. The predicted octanol–water partition coefficient (Wildman–Crippen LogP) is 3.73. The molecule has 1 N–H and O–H groups in total. The highest BCUT2D eigenvalue weighted by atomic mass is 32.2. The highest BCUT2D eigenvalue weighted by Crippen LogP contribution is 2.33. The van der Waals surface area contributed by atoms with Gasteiger partial charge in [0.25, 0.3) is 0 Å². The zero-order chi connectivity index (χ0) is 13.9. The number of aromatic nitrogens is 4. The van der Waals surface area contributed by atoms with Crippen molar-refractivity contribution in [1.29, 1.82) is 0 Å². The standard InChI is InChI=1S/C11H8FN5S3/c1-6-13-10(20-17-6)19-11-16-15-9(18-11)14-8-4-2-3-7(12)5-8/h2-5H,1H3,(H,14,15). The van der Waals surface area contributed by atoms with Gasteiger partial charge >= 0.3 is 0 Å². The van der Waals surface area contributed by atoms with Crippen LogP contribution in [0.5, 0.6) is 0 Å². The Bertz CT molecular complexity index is 726. The monoisotopic (exact) mass is 325 g/mol. The van der Waals surface area contributed by atoms with Crippen molar-refractivity contribution in [3.05, 3.63) is 35.9 Å². The molecule has 9 heteroatoms. The molecule has 3 rings (SSSR count). The van der Waals surface area contributed by atoms with Crippen LogP contribution in [0.3, 0.4) is 0 Å². The first kappa shape index (κ1) is 13.4. The van der Waals surface area contributed by atoms with E-state index < -0.39 is 0 Å². The van der Waals surface area contributed by atoms with E-state index in [-0.39, 0.29) is 5.82 Å². The van der Waals surface area contributed by atoms with Crippen molar-refractivity contribution in [2.24, 2.45) is 0 Å². The first-order valence-electron chi connectivity index (χ1n) is 5.53. The van der Waals surface area contributed by atoms with E-state index in [1.165, 1.54) is 46.8 Å². The highest BCUT2D eigenvalue weighted by molar-refractivity contribution is 8.02. The molecule has 0 bridgehead atoms. The molecule has 0 aliphatic carbocycles. The maximum absolute atomic E-state index is 13.1. The second kappa shape index (κ2) is 5.81. The molecule has 2 heterocycles. The summed E-state index contributed by atoms with van der Waals surface area (Å²) in [5.41, 5.74) is 0.643. The van der Waals surface area contributed by atoms with E-state index in [9.17, 15) is 4.39 Å². The third kappa shape index (κ3) is 3.30. The quantitative estimate of drug-likeness (QED) is 0.788. The lowest BCUT2D eigenvalue weighted by molar-refractivity contribution is 0.628. The highest BCUT2D eigenvalue weighted by Gasteiger charge is 2.09. The molecule has 0 spiro atoms. The normalized spacial score (nSPS) is 10.7. The topological polar surface area (TPSA) is 63.6 Å². The number of halogens is 1. The van der Waals surface area contributed by atoms with E-state index in [4.69, 9.17) is 0 Å². The van der Waals surface area contributed by atoms with Crippen LogP contribution >= 0.6 is 34.6 Å². The fourth-order valence-electron chi connectivity index (χ4n) is 1.39. The average Bonchev–Trinajstić information content (AvgIpc) is 3.00. The third-order valence-corrected chi connectivity index (χ3v) is 4.90. The van der Waals surface area contributed by atoms with E-state index >= 15 is 0 Å². The molecule has 3 aromatic rings. The predicted molar refractivity (Wildman–Crippen MR) is 78.4 cm³/mol. The Morgan fingerprint density at radius 3 is 2.90 bits per heavy atom. The van der Waals surface area contributed by atoms with Crippen molar-refractivity contribution < 1.29 is 4.39 Å². The van der Waals surface area contributed by atoms with Gasteiger partial charge in [-0.05, 0) is 48.4 Å². The number of hydrogen-bond acceptors (Lipinski definition) is 8. The Labute approximate surface area is 126 Å². The summed E-state index contributed by atoms with van der Waals surface area (Å²) >= 11 is 4.13. The van der Waals surface area contributed by atoms with Crippen LogP contribution in [0, 0.1) is 12.7 Å². The van der Waals surface area contributed by atoms with Gasteiger partial charge in [-0.3, -0.25) is 0 Å². The van der Waals surface area contributed by atoms with E-state index in [0.717, 1.165) is 14.5 Å². The van der Waals surface area contributed by atoms with Crippen LogP contribution in [0.1, 0.15) is 5.82 Å². The van der Waals surface area contributed by atoms with Crippen molar-refractivity contribution in [3.63, 3.8) is 0 Å². The average molecular weight is 325 g/mol. The fourth-order valence-corrected chi connectivity index (χ4v) is 4.01. The van der Waals surface area contributed by atoms with Gasteiger partial charge in [0.2, 0.25) is 5.13 Å². The largest absolute Gasteiger partial charge is 0.330 e. The van der Waals surface area contributed by atoms with Crippen LogP contribution in [-0.2, 0) is 0 Å². The summed E-state index contributed by atoms with van der Waals surface area (Å²) in [5.74, 6) is 0.457.